The molecule has 0 bridgehead atoms. The maximum absolute atomic E-state index is 10.4. The van der Waals surface area contributed by atoms with Crippen LogP contribution in [-0.2, 0) is 28.8 Å². The van der Waals surface area contributed by atoms with Crippen molar-refractivity contribution in [3.05, 3.63) is 0 Å². The van der Waals surface area contributed by atoms with Crippen LogP contribution < -0.4 is 15.3 Å². The summed E-state index contributed by atoms with van der Waals surface area (Å²) in [5.41, 5.74) is 0. The van der Waals surface area contributed by atoms with Crippen LogP contribution in [0.3, 0.4) is 0 Å². The Morgan fingerprint density at radius 1 is 0.500 bits per heavy atom. The molecule has 0 aromatic heterocycles. The van der Waals surface area contributed by atoms with E-state index in [0.29, 0.717) is 38.5 Å². The Labute approximate surface area is 183 Å². The maximum Gasteiger partial charge on any atom is 3.00 e. The molecule has 0 aromatic rings. The van der Waals surface area contributed by atoms with Gasteiger partial charge in [-0.1, -0.05) is 20.8 Å². The van der Waals surface area contributed by atoms with Crippen LogP contribution in [-0.4, -0.2) is 61.1 Å². The Morgan fingerprint density at radius 2 is 0.679 bits per heavy atom. The molecule has 0 aliphatic rings. The zero-order valence-electron chi connectivity index (χ0n) is 16.6. The van der Waals surface area contributed by atoms with Crippen molar-refractivity contribution in [2.24, 2.45) is 0 Å². The number of carboxylic acids is 3. The zero-order chi connectivity index (χ0) is 21.8. The predicted molar refractivity (Wildman–Crippen MR) is 94.4 cm³/mol. The molecular weight excluding hydrogens is 475 g/mol. The third kappa shape index (κ3) is 35.4. The number of carbonyl (C=O) groups is 6. The Hall–Kier alpha value is -1.71. The fourth-order valence-corrected chi connectivity index (χ4v) is 1.58. The van der Waals surface area contributed by atoms with Crippen molar-refractivity contribution in [1.29, 1.82) is 0 Å². The Morgan fingerprint density at radius 3 is 0.786 bits per heavy atom. The van der Waals surface area contributed by atoms with E-state index in [1.807, 2.05) is 20.8 Å². The second-order valence-electron chi connectivity index (χ2n) is 5.51. The molecule has 0 heterocycles. The van der Waals surface area contributed by atoms with Gasteiger partial charge >= 0.3 is 25.8 Å². The molecule has 0 unspecified atom stereocenters. The summed E-state index contributed by atoms with van der Waals surface area (Å²) in [5, 5.41) is 29.3. The van der Waals surface area contributed by atoms with Crippen molar-refractivity contribution in [3.8, 4) is 0 Å². The first-order chi connectivity index (χ1) is 12.5. The molecule has 156 valence electrons. The van der Waals surface area contributed by atoms with Crippen LogP contribution >= 0.6 is 0 Å². The monoisotopic (exact) mass is 502 g/mol. The number of carbonyl (C=O) groups excluding carboxylic acids is 6. The van der Waals surface area contributed by atoms with Gasteiger partial charge in [-0.05, 0) is 19.3 Å². The number of hydrogen-bond donors (Lipinski definition) is 0. The van der Waals surface area contributed by atoms with Crippen molar-refractivity contribution in [2.75, 3.05) is 0 Å². The number of carboxylic acid groups (broad SMARTS) is 3. The summed E-state index contributed by atoms with van der Waals surface area (Å²) in [5.74, 6) is -4.61. The molecular formula is C18H27InO9. The zero-order valence-corrected chi connectivity index (χ0v) is 19.9. The molecule has 0 saturated carbocycles. The van der Waals surface area contributed by atoms with Gasteiger partial charge in [0.15, 0.2) is 0 Å². The van der Waals surface area contributed by atoms with E-state index < -0.39 is 37.2 Å². The molecule has 0 N–H and O–H groups in total. The molecule has 0 radical (unpaired) electrons. The van der Waals surface area contributed by atoms with Crippen LogP contribution in [0.15, 0.2) is 0 Å². The summed E-state index contributed by atoms with van der Waals surface area (Å²) in [6, 6.07) is 0. The topological polar surface area (TPSA) is 172 Å². The van der Waals surface area contributed by atoms with Gasteiger partial charge < -0.3 is 29.7 Å². The molecule has 0 aliphatic carbocycles. The van der Waals surface area contributed by atoms with Gasteiger partial charge in [-0.25, -0.2) is 0 Å². The van der Waals surface area contributed by atoms with Crippen molar-refractivity contribution in [2.45, 2.75) is 78.6 Å². The van der Waals surface area contributed by atoms with Gasteiger partial charge in [0.2, 0.25) is 0 Å². The van der Waals surface area contributed by atoms with Crippen molar-refractivity contribution < 1.29 is 44.1 Å². The smallest absolute Gasteiger partial charge is 0.550 e. The average molecular weight is 502 g/mol. The minimum Gasteiger partial charge on any atom is -0.550 e. The summed E-state index contributed by atoms with van der Waals surface area (Å²) < 4.78 is 0. The Bertz CT molecular complexity index is 430. The summed E-state index contributed by atoms with van der Waals surface area (Å²) in [7, 11) is 0. The second kappa shape index (κ2) is 23.3. The second-order valence-corrected chi connectivity index (χ2v) is 5.51. The molecule has 0 spiro atoms. The molecule has 9 nitrogen and oxygen atoms in total. The molecule has 10 heteroatoms. The fraction of sp³-hybridized carbons (Fsp3) is 0.667. The quantitative estimate of drug-likeness (QED) is 0.277. The fourth-order valence-electron chi connectivity index (χ4n) is 1.58. The van der Waals surface area contributed by atoms with Crippen LogP contribution in [0, 0.1) is 0 Å². The third-order valence-corrected chi connectivity index (χ3v) is 2.61. The van der Waals surface area contributed by atoms with E-state index >= 15 is 0 Å². The summed E-state index contributed by atoms with van der Waals surface area (Å²) in [4.78, 5) is 60.6. The summed E-state index contributed by atoms with van der Waals surface area (Å²) >= 11 is 0. The van der Waals surface area contributed by atoms with E-state index in [1.54, 1.807) is 0 Å². The van der Waals surface area contributed by atoms with Gasteiger partial charge in [0.05, 0.1) is 0 Å². The minimum atomic E-state index is -1.28. The first kappa shape index (κ1) is 33.8. The number of rotatable bonds is 12. The predicted octanol–water partition coefficient (Wildman–Crippen LogP) is -1.89. The van der Waals surface area contributed by atoms with Gasteiger partial charge in [0.25, 0.3) is 0 Å². The van der Waals surface area contributed by atoms with E-state index in [-0.39, 0.29) is 43.2 Å². The average Bonchev–Trinajstić information content (AvgIpc) is 2.46. The van der Waals surface area contributed by atoms with Gasteiger partial charge in [-0.15, -0.1) is 0 Å². The molecule has 0 fully saturated rings. The standard InChI is InChI=1S/3C6H10O3.In/c3*1-2-3-5(7)4-6(8)9;/h3*2-4H2,1H3,(H,8,9);/q;;;+3/p-3. The molecule has 28 heavy (non-hydrogen) atoms. The normalized spacial score (nSPS) is 8.68. The summed E-state index contributed by atoms with van der Waals surface area (Å²) in [6.07, 6.45) is 1.82. The van der Waals surface area contributed by atoms with E-state index in [2.05, 4.69) is 0 Å². The van der Waals surface area contributed by atoms with Crippen LogP contribution in [0.25, 0.3) is 0 Å². The van der Waals surface area contributed by atoms with Crippen molar-refractivity contribution in [3.63, 3.8) is 0 Å². The van der Waals surface area contributed by atoms with E-state index in [0.717, 1.165) is 0 Å². The molecule has 0 rings (SSSR count). The van der Waals surface area contributed by atoms with E-state index in [4.69, 9.17) is 0 Å². The molecule has 0 atom stereocenters. The van der Waals surface area contributed by atoms with Crippen LogP contribution in [0.1, 0.15) is 78.6 Å². The minimum absolute atomic E-state index is 0. The largest absolute Gasteiger partial charge is 3.00 e. The SMILES string of the molecule is CCCC(=O)CC(=O)[O-].CCCC(=O)CC(=O)[O-].CCCC(=O)CC(=O)[O-].[In+3]. The number of Topliss-reactive ketones (excluding diaryl/α,β-unsaturated/α-hetero) is 3. The van der Waals surface area contributed by atoms with Gasteiger partial charge in [0.1, 0.15) is 17.3 Å². The summed E-state index contributed by atoms with van der Waals surface area (Å²) in [6.45, 7) is 5.48. The van der Waals surface area contributed by atoms with Gasteiger partial charge in [-0.2, -0.15) is 0 Å². The van der Waals surface area contributed by atoms with E-state index in [9.17, 15) is 44.1 Å². The molecule has 0 aliphatic heterocycles. The molecule has 0 aromatic carbocycles. The Balaban J connectivity index is -0.000000152. The maximum atomic E-state index is 10.4. The first-order valence-electron chi connectivity index (χ1n) is 8.64. The number of ketones is 3. The van der Waals surface area contributed by atoms with E-state index in [1.165, 1.54) is 0 Å². The number of hydrogen-bond acceptors (Lipinski definition) is 9. The molecule has 0 amide bonds. The van der Waals surface area contributed by atoms with Crippen LogP contribution in [0.5, 0.6) is 0 Å². The Kier molecular flexibility index (Phi) is 28.2. The van der Waals surface area contributed by atoms with Crippen molar-refractivity contribution >= 4 is 61.1 Å². The van der Waals surface area contributed by atoms with Crippen molar-refractivity contribution in [1.82, 2.24) is 0 Å². The van der Waals surface area contributed by atoms with Gasteiger partial charge in [0, 0.05) is 56.4 Å². The molecule has 0 saturated heterocycles. The third-order valence-electron chi connectivity index (χ3n) is 2.61. The van der Waals surface area contributed by atoms with Gasteiger partial charge in [-0.3, -0.25) is 14.4 Å². The first-order valence-corrected chi connectivity index (χ1v) is 8.64. The van der Waals surface area contributed by atoms with Crippen LogP contribution in [0.2, 0.25) is 0 Å². The number of aliphatic carboxylic acids is 3. The van der Waals surface area contributed by atoms with Crippen LogP contribution in [0.4, 0.5) is 0 Å².